The first-order valence-electron chi connectivity index (χ1n) is 8.66. The Morgan fingerprint density at radius 2 is 1.76 bits per heavy atom. The molecule has 3 amide bonds. The fourth-order valence-corrected chi connectivity index (χ4v) is 3.76. The minimum absolute atomic E-state index is 0.0132. The summed E-state index contributed by atoms with van der Waals surface area (Å²) in [5.74, 6) is -0.0132. The molecule has 5 nitrogen and oxygen atoms in total. The van der Waals surface area contributed by atoms with Crippen LogP contribution in [0.3, 0.4) is 0 Å². The van der Waals surface area contributed by atoms with Gasteiger partial charge < -0.3 is 9.80 Å². The minimum atomic E-state index is -0.0975. The molecule has 2 aliphatic rings. The smallest absolute Gasteiger partial charge is 0.313 e. The summed E-state index contributed by atoms with van der Waals surface area (Å²) >= 11 is 0. The highest BCUT2D eigenvalue weighted by molar-refractivity contribution is 6.01. The van der Waals surface area contributed by atoms with Crippen LogP contribution < -0.4 is 9.80 Å². The van der Waals surface area contributed by atoms with Gasteiger partial charge in [0.25, 0.3) is 0 Å². The molecule has 128 valence electrons. The molecule has 4 rings (SSSR count). The number of carbonyl (C=O) groups is 2. The molecule has 0 aliphatic carbocycles. The van der Waals surface area contributed by atoms with E-state index in [1.54, 1.807) is 9.80 Å². The van der Waals surface area contributed by atoms with Crippen LogP contribution in [-0.2, 0) is 11.2 Å². The van der Waals surface area contributed by atoms with Crippen LogP contribution in [0.2, 0.25) is 0 Å². The Kier molecular flexibility index (Phi) is 3.92. The quantitative estimate of drug-likeness (QED) is 0.866. The van der Waals surface area contributed by atoms with Crippen LogP contribution in [0.15, 0.2) is 54.6 Å². The molecule has 2 aliphatic heterocycles. The van der Waals surface area contributed by atoms with Crippen molar-refractivity contribution in [3.63, 3.8) is 0 Å². The lowest BCUT2D eigenvalue weighted by molar-refractivity contribution is -0.119. The highest BCUT2D eigenvalue weighted by Gasteiger charge is 2.35. The van der Waals surface area contributed by atoms with Crippen LogP contribution in [0.1, 0.15) is 12.5 Å². The lowest BCUT2D eigenvalue weighted by Crippen LogP contribution is -2.44. The first kappa shape index (κ1) is 15.7. The summed E-state index contributed by atoms with van der Waals surface area (Å²) < 4.78 is 0. The Hall–Kier alpha value is -2.82. The fourth-order valence-electron chi connectivity index (χ4n) is 3.76. The fraction of sp³-hybridized carbons (Fsp3) is 0.300. The summed E-state index contributed by atoms with van der Waals surface area (Å²) in [6, 6.07) is 17.6. The summed E-state index contributed by atoms with van der Waals surface area (Å²) in [7, 11) is 0. The molecule has 0 aromatic heterocycles. The van der Waals surface area contributed by atoms with Gasteiger partial charge in [0.1, 0.15) is 6.54 Å². The summed E-state index contributed by atoms with van der Waals surface area (Å²) in [5.41, 5.74) is 3.05. The Morgan fingerprint density at radius 1 is 1.04 bits per heavy atom. The molecule has 0 radical (unpaired) electrons. The summed E-state index contributed by atoms with van der Waals surface area (Å²) in [6.07, 6.45) is 0.867. The monoisotopic (exact) mass is 335 g/mol. The Labute approximate surface area is 147 Å². The third-order valence-electron chi connectivity index (χ3n) is 4.96. The molecule has 0 N–H and O–H groups in total. The van der Waals surface area contributed by atoms with Crippen LogP contribution in [0.4, 0.5) is 16.2 Å². The molecule has 2 aromatic rings. The van der Waals surface area contributed by atoms with E-state index >= 15 is 0 Å². The molecule has 5 heteroatoms. The van der Waals surface area contributed by atoms with E-state index < -0.39 is 0 Å². The van der Waals surface area contributed by atoms with Crippen molar-refractivity contribution in [3.05, 3.63) is 60.2 Å². The number of fused-ring (bicyclic) bond motifs is 1. The van der Waals surface area contributed by atoms with Crippen LogP contribution in [0.5, 0.6) is 0 Å². The number of anilines is 2. The van der Waals surface area contributed by atoms with Crippen molar-refractivity contribution in [2.75, 3.05) is 29.4 Å². The van der Waals surface area contributed by atoms with Crippen molar-refractivity contribution < 1.29 is 9.59 Å². The van der Waals surface area contributed by atoms with E-state index in [4.69, 9.17) is 0 Å². The number of carbonyl (C=O) groups excluding carboxylic acids is 2. The van der Waals surface area contributed by atoms with E-state index in [0.29, 0.717) is 13.1 Å². The minimum Gasteiger partial charge on any atom is -0.313 e. The van der Waals surface area contributed by atoms with E-state index in [1.165, 1.54) is 5.56 Å². The number of rotatable bonds is 3. The average Bonchev–Trinajstić information content (AvgIpc) is 3.15. The van der Waals surface area contributed by atoms with Crippen molar-refractivity contribution >= 4 is 23.3 Å². The second-order valence-electron chi connectivity index (χ2n) is 6.64. The SMILES string of the molecule is CC1Cc2ccccc2N1C(=O)CN1CCN(c2ccccc2)C1=O. The first-order valence-corrected chi connectivity index (χ1v) is 8.66. The van der Waals surface area contributed by atoms with Gasteiger partial charge in [0, 0.05) is 30.5 Å². The number of benzene rings is 2. The van der Waals surface area contributed by atoms with Crippen LogP contribution in [0.25, 0.3) is 0 Å². The highest BCUT2D eigenvalue weighted by atomic mass is 16.2. The molecule has 2 heterocycles. The maximum absolute atomic E-state index is 12.9. The highest BCUT2D eigenvalue weighted by Crippen LogP contribution is 2.32. The summed E-state index contributed by atoms with van der Waals surface area (Å²) in [4.78, 5) is 30.8. The second kappa shape index (κ2) is 6.24. The van der Waals surface area contributed by atoms with E-state index in [-0.39, 0.29) is 24.5 Å². The van der Waals surface area contributed by atoms with Gasteiger partial charge in [-0.1, -0.05) is 36.4 Å². The molecule has 0 saturated carbocycles. The predicted molar refractivity (Wildman–Crippen MR) is 97.9 cm³/mol. The topological polar surface area (TPSA) is 43.9 Å². The van der Waals surface area contributed by atoms with Gasteiger partial charge in [-0.3, -0.25) is 9.69 Å². The van der Waals surface area contributed by atoms with Gasteiger partial charge in [0.2, 0.25) is 5.91 Å². The number of urea groups is 1. The number of amides is 3. The summed E-state index contributed by atoms with van der Waals surface area (Å²) in [6.45, 7) is 3.37. The Morgan fingerprint density at radius 3 is 2.56 bits per heavy atom. The molecule has 1 fully saturated rings. The van der Waals surface area contributed by atoms with Crippen molar-refractivity contribution in [2.24, 2.45) is 0 Å². The number of nitrogens with zero attached hydrogens (tertiary/aromatic N) is 3. The largest absolute Gasteiger partial charge is 0.325 e. The zero-order valence-corrected chi connectivity index (χ0v) is 14.3. The maximum atomic E-state index is 12.9. The van der Waals surface area contributed by atoms with E-state index in [0.717, 1.165) is 17.8 Å². The third-order valence-corrected chi connectivity index (χ3v) is 4.96. The Bertz CT molecular complexity index is 806. The number of para-hydroxylation sites is 2. The zero-order chi connectivity index (χ0) is 17.4. The zero-order valence-electron chi connectivity index (χ0n) is 14.3. The van der Waals surface area contributed by atoms with Gasteiger partial charge in [-0.25, -0.2) is 4.79 Å². The molecular weight excluding hydrogens is 314 g/mol. The molecule has 1 atom stereocenters. The van der Waals surface area contributed by atoms with E-state index in [1.807, 2.05) is 53.4 Å². The van der Waals surface area contributed by atoms with Crippen LogP contribution >= 0.6 is 0 Å². The van der Waals surface area contributed by atoms with E-state index in [2.05, 4.69) is 13.0 Å². The number of hydrogen-bond acceptors (Lipinski definition) is 2. The van der Waals surface area contributed by atoms with Gasteiger partial charge in [0.15, 0.2) is 0 Å². The standard InChI is InChI=1S/C20H21N3O2/c1-15-13-16-7-5-6-10-18(16)23(15)19(24)14-21-11-12-22(20(21)25)17-8-3-2-4-9-17/h2-10,15H,11-14H2,1H3. The molecule has 0 spiro atoms. The molecule has 25 heavy (non-hydrogen) atoms. The normalized spacial score (nSPS) is 19.5. The average molecular weight is 335 g/mol. The molecule has 1 unspecified atom stereocenters. The van der Waals surface area contributed by atoms with Gasteiger partial charge in [0.05, 0.1) is 0 Å². The lowest BCUT2D eigenvalue weighted by atomic mass is 10.1. The van der Waals surface area contributed by atoms with Crippen molar-refractivity contribution in [2.45, 2.75) is 19.4 Å². The van der Waals surface area contributed by atoms with Gasteiger partial charge in [-0.05, 0) is 37.1 Å². The van der Waals surface area contributed by atoms with Crippen LogP contribution in [0, 0.1) is 0 Å². The predicted octanol–water partition coefficient (Wildman–Crippen LogP) is 2.91. The van der Waals surface area contributed by atoms with Gasteiger partial charge >= 0.3 is 6.03 Å². The Balaban J connectivity index is 1.48. The maximum Gasteiger partial charge on any atom is 0.325 e. The first-order chi connectivity index (χ1) is 12.1. The van der Waals surface area contributed by atoms with Crippen molar-refractivity contribution in [1.29, 1.82) is 0 Å². The van der Waals surface area contributed by atoms with Crippen molar-refractivity contribution in [1.82, 2.24) is 4.90 Å². The second-order valence-corrected chi connectivity index (χ2v) is 6.64. The van der Waals surface area contributed by atoms with Gasteiger partial charge in [-0.2, -0.15) is 0 Å². The van der Waals surface area contributed by atoms with Crippen molar-refractivity contribution in [3.8, 4) is 0 Å². The third kappa shape index (κ3) is 2.76. The van der Waals surface area contributed by atoms with Crippen LogP contribution in [-0.4, -0.2) is 42.5 Å². The summed E-state index contributed by atoms with van der Waals surface area (Å²) in [5, 5.41) is 0. The molecule has 0 bridgehead atoms. The molecular formula is C20H21N3O2. The lowest BCUT2D eigenvalue weighted by Gasteiger charge is -2.25. The molecule has 1 saturated heterocycles. The van der Waals surface area contributed by atoms with E-state index in [9.17, 15) is 9.59 Å². The number of hydrogen-bond donors (Lipinski definition) is 0. The molecule has 2 aromatic carbocycles. The van der Waals surface area contributed by atoms with Gasteiger partial charge in [-0.15, -0.1) is 0 Å².